The van der Waals surface area contributed by atoms with Crippen LogP contribution in [0.3, 0.4) is 0 Å². The van der Waals surface area contributed by atoms with Gasteiger partial charge >= 0.3 is 11.2 Å². The Morgan fingerprint density at radius 2 is 1.89 bits per heavy atom. The zero-order chi connectivity index (χ0) is 20.9. The van der Waals surface area contributed by atoms with Gasteiger partial charge in [0.15, 0.2) is 5.82 Å². The molecule has 0 atom stereocenters. The largest absolute Gasteiger partial charge is 0.353 e. The van der Waals surface area contributed by atoms with E-state index in [4.69, 9.17) is 23.2 Å². The van der Waals surface area contributed by atoms with Crippen molar-refractivity contribution in [1.82, 2.24) is 9.55 Å². The minimum absolute atomic E-state index is 0.161. The molecule has 0 unspecified atom stereocenters. The molecule has 0 N–H and O–H groups in total. The van der Waals surface area contributed by atoms with Gasteiger partial charge in [-0.05, 0) is 30.5 Å². The SMILES string of the molecule is Cc1ccnc(C(C)C)c1-n1c(=O)c([N+](=O)[O-])c(Cl)c2cc(F)c(Cl)c(F)c21. The normalized spacial score (nSPS) is 11.4. The molecule has 0 aliphatic heterocycles. The van der Waals surface area contributed by atoms with Gasteiger partial charge in [0.1, 0.15) is 15.9 Å². The number of aromatic nitrogens is 2. The van der Waals surface area contributed by atoms with Gasteiger partial charge in [-0.3, -0.25) is 24.5 Å². The van der Waals surface area contributed by atoms with E-state index in [0.717, 1.165) is 10.6 Å². The molecule has 10 heteroatoms. The van der Waals surface area contributed by atoms with Crippen molar-refractivity contribution < 1.29 is 13.7 Å². The van der Waals surface area contributed by atoms with Crippen LogP contribution in [0.15, 0.2) is 23.1 Å². The van der Waals surface area contributed by atoms with E-state index < -0.39 is 43.4 Å². The molecule has 0 radical (unpaired) electrons. The summed E-state index contributed by atoms with van der Waals surface area (Å²) in [7, 11) is 0. The Morgan fingerprint density at radius 3 is 2.46 bits per heavy atom. The van der Waals surface area contributed by atoms with Crippen LogP contribution >= 0.6 is 23.2 Å². The van der Waals surface area contributed by atoms with Gasteiger partial charge < -0.3 is 0 Å². The summed E-state index contributed by atoms with van der Waals surface area (Å²) in [4.78, 5) is 27.8. The Bertz CT molecular complexity index is 1210. The van der Waals surface area contributed by atoms with Gasteiger partial charge in [0, 0.05) is 11.6 Å². The molecule has 3 aromatic rings. The van der Waals surface area contributed by atoms with Crippen molar-refractivity contribution in [2.45, 2.75) is 26.7 Å². The minimum atomic E-state index is -1.25. The summed E-state index contributed by atoms with van der Waals surface area (Å²) in [5, 5.41) is 9.63. The van der Waals surface area contributed by atoms with E-state index in [1.165, 1.54) is 6.20 Å². The second kappa shape index (κ2) is 7.10. The van der Waals surface area contributed by atoms with E-state index in [2.05, 4.69) is 4.98 Å². The van der Waals surface area contributed by atoms with Crippen LogP contribution in [0.5, 0.6) is 0 Å². The number of benzene rings is 1. The van der Waals surface area contributed by atoms with Crippen LogP contribution in [0.2, 0.25) is 10.0 Å². The molecule has 2 heterocycles. The van der Waals surface area contributed by atoms with E-state index in [1.807, 2.05) is 0 Å². The average molecular weight is 428 g/mol. The maximum Gasteiger partial charge on any atom is 0.353 e. The Hall–Kier alpha value is -2.58. The van der Waals surface area contributed by atoms with Crippen molar-refractivity contribution in [2.24, 2.45) is 0 Å². The first-order chi connectivity index (χ1) is 13.1. The van der Waals surface area contributed by atoms with Crippen LogP contribution in [-0.2, 0) is 0 Å². The molecule has 0 aliphatic rings. The highest BCUT2D eigenvalue weighted by Crippen LogP contribution is 2.37. The fourth-order valence-corrected chi connectivity index (χ4v) is 3.49. The third-order valence-corrected chi connectivity index (χ3v) is 5.05. The Labute approximate surface area is 167 Å². The summed E-state index contributed by atoms with van der Waals surface area (Å²) in [5.41, 5.74) is -1.53. The minimum Gasteiger partial charge on any atom is -0.266 e. The molecule has 3 rings (SSSR count). The monoisotopic (exact) mass is 427 g/mol. The highest BCUT2D eigenvalue weighted by Gasteiger charge is 2.30. The Balaban J connectivity index is 2.71. The first kappa shape index (κ1) is 20.2. The molecule has 0 saturated carbocycles. The molecule has 0 bridgehead atoms. The summed E-state index contributed by atoms with van der Waals surface area (Å²) < 4.78 is 29.8. The van der Waals surface area contributed by atoms with Crippen molar-refractivity contribution in [3.8, 4) is 5.69 Å². The first-order valence-electron chi connectivity index (χ1n) is 8.09. The third-order valence-electron chi connectivity index (χ3n) is 4.32. The zero-order valence-electron chi connectivity index (χ0n) is 14.9. The van der Waals surface area contributed by atoms with Crippen LogP contribution < -0.4 is 5.56 Å². The lowest BCUT2D eigenvalue weighted by Gasteiger charge is -2.19. The molecule has 0 spiro atoms. The number of nitrogens with zero attached hydrogens (tertiary/aromatic N) is 3. The van der Waals surface area contributed by atoms with E-state index in [0.29, 0.717) is 11.3 Å². The van der Waals surface area contributed by atoms with Crippen LogP contribution in [0.4, 0.5) is 14.5 Å². The topological polar surface area (TPSA) is 78.0 Å². The standard InChI is InChI=1S/C18H13Cl2F2N3O3/c1-7(2)14-15(8(3)4-5-23-14)24-16-9(6-10(21)12(20)13(16)22)11(19)17(18(24)26)25(27)28/h4-7H,1-3H3. The second-order valence-electron chi connectivity index (χ2n) is 6.46. The molecule has 0 amide bonds. The summed E-state index contributed by atoms with van der Waals surface area (Å²) in [6, 6.07) is 2.34. The lowest BCUT2D eigenvalue weighted by molar-refractivity contribution is -0.386. The molecule has 2 aromatic heterocycles. The third kappa shape index (κ3) is 2.93. The van der Waals surface area contributed by atoms with E-state index in [1.54, 1.807) is 26.8 Å². The van der Waals surface area contributed by atoms with E-state index in [9.17, 15) is 23.7 Å². The first-order valence-corrected chi connectivity index (χ1v) is 8.85. The number of nitro groups is 1. The number of pyridine rings is 2. The van der Waals surface area contributed by atoms with Gasteiger partial charge in [0.05, 0.1) is 21.8 Å². The van der Waals surface area contributed by atoms with Crippen molar-refractivity contribution in [1.29, 1.82) is 0 Å². The number of hydrogen-bond donors (Lipinski definition) is 0. The van der Waals surface area contributed by atoms with Crippen molar-refractivity contribution in [3.63, 3.8) is 0 Å². The predicted molar refractivity (Wildman–Crippen MR) is 103 cm³/mol. The van der Waals surface area contributed by atoms with Gasteiger partial charge in [-0.2, -0.15) is 0 Å². The summed E-state index contributed by atoms with van der Waals surface area (Å²) >= 11 is 11.7. The molecule has 1 aromatic carbocycles. The predicted octanol–water partition coefficient (Wildman–Crippen LogP) is 5.31. The summed E-state index contributed by atoms with van der Waals surface area (Å²) in [5.74, 6) is -2.60. The molecular formula is C18H13Cl2F2N3O3. The van der Waals surface area contributed by atoms with Gasteiger partial charge in [-0.1, -0.05) is 37.0 Å². The molecule has 0 saturated heterocycles. The number of fused-ring (bicyclic) bond motifs is 1. The molecule has 6 nitrogen and oxygen atoms in total. The van der Waals surface area contributed by atoms with Gasteiger partial charge in [0.25, 0.3) is 0 Å². The fraction of sp³-hybridized carbons (Fsp3) is 0.222. The van der Waals surface area contributed by atoms with Gasteiger partial charge in [-0.25, -0.2) is 8.78 Å². The number of aryl methyl sites for hydroxylation is 1. The van der Waals surface area contributed by atoms with E-state index >= 15 is 0 Å². The quantitative estimate of drug-likeness (QED) is 0.322. The molecule has 28 heavy (non-hydrogen) atoms. The van der Waals surface area contributed by atoms with Crippen LogP contribution in [0, 0.1) is 28.7 Å². The van der Waals surface area contributed by atoms with Gasteiger partial charge in [-0.15, -0.1) is 0 Å². The smallest absolute Gasteiger partial charge is 0.266 e. The number of rotatable bonds is 3. The van der Waals surface area contributed by atoms with Crippen LogP contribution in [-0.4, -0.2) is 14.5 Å². The maximum absolute atomic E-state index is 15.0. The van der Waals surface area contributed by atoms with Crippen molar-refractivity contribution >= 4 is 39.8 Å². The molecule has 0 fully saturated rings. The summed E-state index contributed by atoms with van der Waals surface area (Å²) in [6.07, 6.45) is 1.51. The lowest BCUT2D eigenvalue weighted by atomic mass is 10.0. The Morgan fingerprint density at radius 1 is 1.25 bits per heavy atom. The van der Waals surface area contributed by atoms with Gasteiger partial charge in [0.2, 0.25) is 0 Å². The lowest BCUT2D eigenvalue weighted by Crippen LogP contribution is -2.25. The molecular weight excluding hydrogens is 415 g/mol. The number of hydrogen-bond acceptors (Lipinski definition) is 4. The van der Waals surface area contributed by atoms with Crippen LogP contribution in [0.25, 0.3) is 16.6 Å². The zero-order valence-corrected chi connectivity index (χ0v) is 16.4. The second-order valence-corrected chi connectivity index (χ2v) is 7.22. The summed E-state index contributed by atoms with van der Waals surface area (Å²) in [6.45, 7) is 5.24. The number of halogens is 4. The van der Waals surface area contributed by atoms with Crippen LogP contribution in [0.1, 0.15) is 31.0 Å². The molecule has 146 valence electrons. The highest BCUT2D eigenvalue weighted by molar-refractivity contribution is 6.38. The average Bonchev–Trinajstić information content (AvgIpc) is 2.61. The van der Waals surface area contributed by atoms with Crippen molar-refractivity contribution in [2.75, 3.05) is 0 Å². The van der Waals surface area contributed by atoms with E-state index in [-0.39, 0.29) is 17.0 Å². The van der Waals surface area contributed by atoms with Crippen molar-refractivity contribution in [3.05, 3.63) is 71.7 Å². The highest BCUT2D eigenvalue weighted by atomic mass is 35.5. The molecule has 0 aliphatic carbocycles. The maximum atomic E-state index is 15.0. The fourth-order valence-electron chi connectivity index (χ4n) is 3.06. The Kier molecular flexibility index (Phi) is 5.12.